The third-order valence-electron chi connectivity index (χ3n) is 4.61. The Hall–Kier alpha value is -2.96. The highest BCUT2D eigenvalue weighted by molar-refractivity contribution is 7.91. The molecule has 14 heteroatoms. The maximum atomic E-state index is 13.0. The van der Waals surface area contributed by atoms with Crippen molar-refractivity contribution in [2.75, 3.05) is 5.75 Å². The molecule has 0 fully saturated rings. The Morgan fingerprint density at radius 2 is 1.67 bits per heavy atom. The fraction of sp³-hybridized carbons (Fsp3) is 0.158. The van der Waals surface area contributed by atoms with E-state index in [1.807, 2.05) is 0 Å². The van der Waals surface area contributed by atoms with E-state index in [4.69, 9.17) is 23.2 Å². The van der Waals surface area contributed by atoms with Crippen LogP contribution in [0.3, 0.4) is 0 Å². The fourth-order valence-corrected chi connectivity index (χ4v) is 4.58. The van der Waals surface area contributed by atoms with Crippen LogP contribution in [0.25, 0.3) is 22.6 Å². The van der Waals surface area contributed by atoms with Gasteiger partial charge in [0.15, 0.2) is 27.0 Å². The van der Waals surface area contributed by atoms with Gasteiger partial charge in [0.2, 0.25) is 0 Å². The molecule has 0 spiro atoms. The van der Waals surface area contributed by atoms with E-state index in [-0.39, 0.29) is 22.1 Å². The Morgan fingerprint density at radius 3 is 2.27 bits per heavy atom. The Kier molecular flexibility index (Phi) is 5.71. The highest BCUT2D eigenvalue weighted by Gasteiger charge is 2.33. The molecule has 33 heavy (non-hydrogen) atoms. The van der Waals surface area contributed by atoms with Gasteiger partial charge in [0.1, 0.15) is 4.90 Å². The van der Waals surface area contributed by atoms with Crippen LogP contribution in [-0.4, -0.2) is 38.5 Å². The average molecular weight is 518 g/mol. The number of nitrogens with zero attached hydrogens (tertiary/aromatic N) is 5. The van der Waals surface area contributed by atoms with Crippen LogP contribution >= 0.6 is 23.2 Å². The summed E-state index contributed by atoms with van der Waals surface area (Å²) in [5.74, 6) is -0.710. The van der Waals surface area contributed by atoms with Gasteiger partial charge in [-0.05, 0) is 42.0 Å². The summed E-state index contributed by atoms with van der Waals surface area (Å²) in [6, 6.07) is 7.47. The van der Waals surface area contributed by atoms with Gasteiger partial charge in [0.25, 0.3) is 0 Å². The smallest absolute Gasteiger partial charge is 0.243 e. The Labute approximate surface area is 194 Å². The van der Waals surface area contributed by atoms with Gasteiger partial charge in [-0.3, -0.25) is 0 Å². The highest BCUT2D eigenvalue weighted by atomic mass is 35.5. The maximum absolute atomic E-state index is 13.0. The van der Waals surface area contributed by atoms with E-state index in [1.165, 1.54) is 25.3 Å². The standard InChI is InChI=1S/C19H12Cl2F3N5O3S/c1-2-33(31,32)14-7-11(10-5-12(20)8-13(21)6-10)9-25-17(14)29-18(30)28-16(27-29)4-3-15(26-28)19(22,23)24/h3-9H,2H2,1H3. The molecule has 0 aliphatic carbocycles. The van der Waals surface area contributed by atoms with E-state index in [1.54, 1.807) is 12.1 Å². The molecule has 4 rings (SSSR count). The normalized spacial score (nSPS) is 12.4. The monoisotopic (exact) mass is 517 g/mol. The summed E-state index contributed by atoms with van der Waals surface area (Å²) < 4.78 is 65.6. The SMILES string of the molecule is CCS(=O)(=O)c1cc(-c2cc(Cl)cc(Cl)c2)cnc1-n1nc2ccc(C(F)(F)F)nn2c1=O. The molecule has 172 valence electrons. The maximum Gasteiger partial charge on any atom is 0.435 e. The average Bonchev–Trinajstić information content (AvgIpc) is 3.08. The lowest BCUT2D eigenvalue weighted by Gasteiger charge is -2.11. The summed E-state index contributed by atoms with van der Waals surface area (Å²) in [4.78, 5) is 16.5. The van der Waals surface area contributed by atoms with Crippen molar-refractivity contribution in [3.63, 3.8) is 0 Å². The molecule has 0 aliphatic heterocycles. The van der Waals surface area contributed by atoms with E-state index in [2.05, 4.69) is 15.2 Å². The fourth-order valence-electron chi connectivity index (χ4n) is 3.02. The minimum Gasteiger partial charge on any atom is -0.243 e. The molecule has 1 aromatic carbocycles. The van der Waals surface area contributed by atoms with Crippen molar-refractivity contribution in [3.05, 3.63) is 68.8 Å². The second-order valence-electron chi connectivity index (χ2n) is 6.79. The van der Waals surface area contributed by atoms with Crippen molar-refractivity contribution in [1.29, 1.82) is 0 Å². The number of pyridine rings is 1. The second-order valence-corrected chi connectivity index (χ2v) is 9.91. The molecular weight excluding hydrogens is 506 g/mol. The van der Waals surface area contributed by atoms with Gasteiger partial charge in [0, 0.05) is 21.8 Å². The first kappa shape index (κ1) is 23.2. The summed E-state index contributed by atoms with van der Waals surface area (Å²) in [5, 5.41) is 7.81. The molecule has 3 heterocycles. The minimum atomic E-state index is -4.79. The Morgan fingerprint density at radius 1 is 1.00 bits per heavy atom. The first-order valence-electron chi connectivity index (χ1n) is 9.16. The van der Waals surface area contributed by atoms with Crippen LogP contribution in [0.4, 0.5) is 13.2 Å². The molecule has 0 saturated carbocycles. The van der Waals surface area contributed by atoms with Crippen LogP contribution in [0, 0.1) is 0 Å². The minimum absolute atomic E-state index is 0.222. The molecule has 0 radical (unpaired) electrons. The van der Waals surface area contributed by atoms with E-state index in [0.717, 1.165) is 6.07 Å². The first-order chi connectivity index (χ1) is 15.4. The van der Waals surface area contributed by atoms with Gasteiger partial charge in [-0.2, -0.15) is 27.5 Å². The quantitative estimate of drug-likeness (QED) is 0.404. The summed E-state index contributed by atoms with van der Waals surface area (Å²) in [5.41, 5.74) is -1.84. The number of halogens is 5. The Balaban J connectivity index is 1.97. The second kappa shape index (κ2) is 8.12. The zero-order valence-corrected chi connectivity index (χ0v) is 18.8. The summed E-state index contributed by atoms with van der Waals surface area (Å²) in [6.45, 7) is 1.39. The van der Waals surface area contributed by atoms with Gasteiger partial charge in [0.05, 0.1) is 5.75 Å². The van der Waals surface area contributed by atoms with Crippen molar-refractivity contribution < 1.29 is 21.6 Å². The third kappa shape index (κ3) is 4.33. The lowest BCUT2D eigenvalue weighted by Crippen LogP contribution is -2.25. The molecule has 0 N–H and O–H groups in total. The molecule has 0 saturated heterocycles. The van der Waals surface area contributed by atoms with Gasteiger partial charge in [-0.15, -0.1) is 5.10 Å². The third-order valence-corrected chi connectivity index (χ3v) is 6.78. The van der Waals surface area contributed by atoms with Crippen molar-refractivity contribution in [2.45, 2.75) is 18.0 Å². The van der Waals surface area contributed by atoms with Gasteiger partial charge >= 0.3 is 11.9 Å². The molecule has 3 aromatic heterocycles. The van der Waals surface area contributed by atoms with Crippen LogP contribution in [0.5, 0.6) is 0 Å². The van der Waals surface area contributed by atoms with Crippen LogP contribution in [0.1, 0.15) is 12.6 Å². The lowest BCUT2D eigenvalue weighted by atomic mass is 10.1. The molecule has 0 amide bonds. The van der Waals surface area contributed by atoms with Crippen molar-refractivity contribution in [2.24, 2.45) is 0 Å². The van der Waals surface area contributed by atoms with Crippen LogP contribution < -0.4 is 5.69 Å². The zero-order chi connectivity index (χ0) is 24.1. The van der Waals surface area contributed by atoms with Gasteiger partial charge in [-0.25, -0.2) is 18.2 Å². The van der Waals surface area contributed by atoms with Crippen LogP contribution in [-0.2, 0) is 16.0 Å². The summed E-state index contributed by atoms with van der Waals surface area (Å²) in [6.07, 6.45) is -3.51. The van der Waals surface area contributed by atoms with Gasteiger partial charge < -0.3 is 0 Å². The highest BCUT2D eigenvalue weighted by Crippen LogP contribution is 2.30. The van der Waals surface area contributed by atoms with E-state index in [0.29, 0.717) is 36.4 Å². The molecule has 0 atom stereocenters. The summed E-state index contributed by atoms with van der Waals surface area (Å²) in [7, 11) is -3.95. The number of rotatable bonds is 4. The number of aromatic nitrogens is 5. The molecule has 8 nitrogen and oxygen atoms in total. The van der Waals surface area contributed by atoms with E-state index in [9.17, 15) is 26.4 Å². The predicted molar refractivity (Wildman–Crippen MR) is 115 cm³/mol. The predicted octanol–water partition coefficient (Wildman–Crippen LogP) is 4.06. The largest absolute Gasteiger partial charge is 0.435 e. The lowest BCUT2D eigenvalue weighted by molar-refractivity contribution is -0.141. The first-order valence-corrected chi connectivity index (χ1v) is 11.6. The van der Waals surface area contributed by atoms with Crippen molar-refractivity contribution >= 4 is 38.7 Å². The number of alkyl halides is 3. The molecule has 4 aromatic rings. The molecule has 0 unspecified atom stereocenters. The number of hydrogen-bond donors (Lipinski definition) is 0. The molecular formula is C19H12Cl2F3N5O3S. The van der Waals surface area contributed by atoms with Crippen LogP contribution in [0.2, 0.25) is 10.0 Å². The zero-order valence-electron chi connectivity index (χ0n) is 16.5. The van der Waals surface area contributed by atoms with Gasteiger partial charge in [-0.1, -0.05) is 30.1 Å². The Bertz CT molecular complexity index is 1550. The topological polar surface area (TPSA) is 99.2 Å². The van der Waals surface area contributed by atoms with Crippen LogP contribution in [0.15, 0.2) is 52.3 Å². The molecule has 0 aliphatic rings. The summed E-state index contributed by atoms with van der Waals surface area (Å²) >= 11 is 12.1. The number of fused-ring (bicyclic) bond motifs is 1. The van der Waals surface area contributed by atoms with Crippen molar-refractivity contribution in [1.82, 2.24) is 24.4 Å². The molecule has 0 bridgehead atoms. The number of hydrogen-bond acceptors (Lipinski definition) is 6. The van der Waals surface area contributed by atoms with E-state index < -0.39 is 27.4 Å². The number of sulfone groups is 1. The van der Waals surface area contributed by atoms with E-state index >= 15 is 0 Å². The van der Waals surface area contributed by atoms with Crippen molar-refractivity contribution in [3.8, 4) is 16.9 Å². The number of benzene rings is 1.